The van der Waals surface area contributed by atoms with Crippen LogP contribution in [0.2, 0.25) is 0 Å². The van der Waals surface area contributed by atoms with Gasteiger partial charge in [0, 0.05) is 45.9 Å². The smallest absolute Gasteiger partial charge is 0.410 e. The van der Waals surface area contributed by atoms with Crippen LogP contribution >= 0.6 is 0 Å². The van der Waals surface area contributed by atoms with Crippen LogP contribution in [0.5, 0.6) is 0 Å². The largest absolute Gasteiger partial charge is 0.444 e. The highest BCUT2D eigenvalue weighted by Crippen LogP contribution is 2.35. The van der Waals surface area contributed by atoms with Crippen molar-refractivity contribution in [3.05, 3.63) is 35.9 Å². The summed E-state index contributed by atoms with van der Waals surface area (Å²) in [5.41, 5.74) is 0.126. The maximum absolute atomic E-state index is 13.2. The van der Waals surface area contributed by atoms with Crippen molar-refractivity contribution in [3.63, 3.8) is 0 Å². The number of amides is 2. The van der Waals surface area contributed by atoms with Gasteiger partial charge in [0.05, 0.1) is 5.41 Å². The van der Waals surface area contributed by atoms with Crippen LogP contribution < -0.4 is 5.32 Å². The molecule has 1 N–H and O–H groups in total. The third-order valence-electron chi connectivity index (χ3n) is 6.07. The lowest BCUT2D eigenvalue weighted by Crippen LogP contribution is -2.51. The average Bonchev–Trinajstić information content (AvgIpc) is 2.77. The van der Waals surface area contributed by atoms with Gasteiger partial charge in [-0.3, -0.25) is 9.69 Å². The summed E-state index contributed by atoms with van der Waals surface area (Å²) in [5.74, 6) is 0.108. The molecule has 2 fully saturated rings. The lowest BCUT2D eigenvalue weighted by Gasteiger charge is -2.37. The van der Waals surface area contributed by atoms with Crippen molar-refractivity contribution in [2.45, 2.75) is 51.0 Å². The Balaban J connectivity index is 1.41. The fourth-order valence-electron chi connectivity index (χ4n) is 4.28. The first-order chi connectivity index (χ1) is 14.8. The minimum absolute atomic E-state index is 0.108. The fourth-order valence-corrected chi connectivity index (χ4v) is 4.28. The lowest BCUT2D eigenvalue weighted by molar-refractivity contribution is -0.130. The molecule has 1 aromatic carbocycles. The minimum Gasteiger partial charge on any atom is -0.444 e. The van der Waals surface area contributed by atoms with Gasteiger partial charge in [-0.1, -0.05) is 30.3 Å². The molecule has 0 spiro atoms. The predicted octanol–water partition coefficient (Wildman–Crippen LogP) is 2.79. The molecule has 0 saturated carbocycles. The summed E-state index contributed by atoms with van der Waals surface area (Å²) in [6.07, 6.45) is 2.09. The monoisotopic (exact) mass is 431 g/mol. The van der Waals surface area contributed by atoms with Crippen LogP contribution in [0, 0.1) is 0 Å². The highest BCUT2D eigenvalue weighted by atomic mass is 16.6. The zero-order chi connectivity index (χ0) is 22.3. The van der Waals surface area contributed by atoms with Crippen LogP contribution in [0.3, 0.4) is 0 Å². The first-order valence-electron chi connectivity index (χ1n) is 11.4. The molecule has 0 radical (unpaired) electrons. The Labute approximate surface area is 186 Å². The summed E-state index contributed by atoms with van der Waals surface area (Å²) >= 11 is 0. The van der Waals surface area contributed by atoms with E-state index in [9.17, 15) is 9.59 Å². The molecule has 0 atom stereocenters. The van der Waals surface area contributed by atoms with Gasteiger partial charge in [0.1, 0.15) is 5.60 Å². The number of carbonyl (C=O) groups is 2. The van der Waals surface area contributed by atoms with Crippen LogP contribution in [-0.2, 0) is 19.7 Å². The first-order valence-corrected chi connectivity index (χ1v) is 11.4. The molecule has 2 saturated heterocycles. The van der Waals surface area contributed by atoms with E-state index in [0.717, 1.165) is 44.5 Å². The van der Waals surface area contributed by atoms with Crippen LogP contribution in [0.15, 0.2) is 30.3 Å². The van der Waals surface area contributed by atoms with Crippen LogP contribution in [0.4, 0.5) is 4.79 Å². The molecule has 0 bridgehead atoms. The van der Waals surface area contributed by atoms with Crippen molar-refractivity contribution in [1.82, 2.24) is 15.1 Å². The quantitative estimate of drug-likeness (QED) is 0.702. The number of piperazine rings is 1. The van der Waals surface area contributed by atoms with Gasteiger partial charge in [-0.05, 0) is 52.1 Å². The van der Waals surface area contributed by atoms with Gasteiger partial charge >= 0.3 is 6.09 Å². The maximum atomic E-state index is 13.2. The third kappa shape index (κ3) is 6.43. The van der Waals surface area contributed by atoms with E-state index in [4.69, 9.17) is 9.47 Å². The number of hydrogen-bond donors (Lipinski definition) is 1. The summed E-state index contributed by atoms with van der Waals surface area (Å²) in [7, 11) is 0. The Kier molecular flexibility index (Phi) is 7.94. The summed E-state index contributed by atoms with van der Waals surface area (Å²) in [4.78, 5) is 29.5. The summed E-state index contributed by atoms with van der Waals surface area (Å²) in [6.45, 7) is 11.5. The molecule has 7 heteroatoms. The van der Waals surface area contributed by atoms with Crippen LogP contribution in [0.25, 0.3) is 0 Å². The summed E-state index contributed by atoms with van der Waals surface area (Å²) < 4.78 is 11.0. The Morgan fingerprint density at radius 3 is 2.32 bits per heavy atom. The standard InChI is InChI=1S/C24H37N3O4/c1-23(2,3)31-22(29)27-16-14-26(15-17-27)13-7-12-25-21(28)24(10-18-30-19-11-24)20-8-5-4-6-9-20/h4-6,8-9H,7,10-19H2,1-3H3,(H,25,28). The average molecular weight is 432 g/mol. The van der Waals surface area contributed by atoms with E-state index in [1.807, 2.05) is 39.0 Å². The molecule has 172 valence electrons. The van der Waals surface area contributed by atoms with E-state index < -0.39 is 11.0 Å². The minimum atomic E-state index is -0.488. The number of benzene rings is 1. The normalized spacial score (nSPS) is 19.6. The van der Waals surface area contributed by atoms with Crippen molar-refractivity contribution < 1.29 is 19.1 Å². The van der Waals surface area contributed by atoms with E-state index in [2.05, 4.69) is 22.3 Å². The van der Waals surface area contributed by atoms with Gasteiger partial charge in [0.15, 0.2) is 0 Å². The molecule has 3 rings (SSSR count). The second-order valence-electron chi connectivity index (χ2n) is 9.48. The SMILES string of the molecule is CC(C)(C)OC(=O)N1CCN(CCCNC(=O)C2(c3ccccc3)CCOCC2)CC1. The molecular formula is C24H37N3O4. The molecule has 0 unspecified atom stereocenters. The third-order valence-corrected chi connectivity index (χ3v) is 6.07. The van der Waals surface area contributed by atoms with Crippen molar-refractivity contribution >= 4 is 12.0 Å². The zero-order valence-electron chi connectivity index (χ0n) is 19.2. The molecule has 2 aliphatic heterocycles. The van der Waals surface area contributed by atoms with Crippen molar-refractivity contribution in [2.24, 2.45) is 0 Å². The topological polar surface area (TPSA) is 71.1 Å². The predicted molar refractivity (Wildman–Crippen MR) is 120 cm³/mol. The summed E-state index contributed by atoms with van der Waals surface area (Å²) in [5, 5.41) is 3.18. The molecule has 2 aliphatic rings. The molecule has 0 aromatic heterocycles. The molecule has 1 aromatic rings. The Bertz CT molecular complexity index is 718. The van der Waals surface area contributed by atoms with Crippen molar-refractivity contribution in [2.75, 3.05) is 52.5 Å². The van der Waals surface area contributed by atoms with Gasteiger partial charge in [0.25, 0.3) is 0 Å². The Morgan fingerprint density at radius 1 is 1.06 bits per heavy atom. The zero-order valence-corrected chi connectivity index (χ0v) is 19.2. The number of carbonyl (C=O) groups excluding carboxylic acids is 2. The maximum Gasteiger partial charge on any atom is 0.410 e. The van der Waals surface area contributed by atoms with Crippen molar-refractivity contribution in [3.8, 4) is 0 Å². The number of hydrogen-bond acceptors (Lipinski definition) is 5. The molecular weight excluding hydrogens is 394 g/mol. The van der Waals surface area contributed by atoms with E-state index in [1.54, 1.807) is 4.90 Å². The second kappa shape index (κ2) is 10.5. The van der Waals surface area contributed by atoms with Crippen LogP contribution in [-0.4, -0.2) is 79.9 Å². The van der Waals surface area contributed by atoms with E-state index in [1.165, 1.54) is 0 Å². The van der Waals surface area contributed by atoms with Gasteiger partial charge in [-0.25, -0.2) is 4.79 Å². The molecule has 0 aliphatic carbocycles. The number of ether oxygens (including phenoxy) is 2. The number of nitrogens with zero attached hydrogens (tertiary/aromatic N) is 2. The highest BCUT2D eigenvalue weighted by Gasteiger charge is 2.41. The van der Waals surface area contributed by atoms with Crippen molar-refractivity contribution in [1.29, 1.82) is 0 Å². The number of rotatable bonds is 6. The van der Waals surface area contributed by atoms with E-state index in [-0.39, 0.29) is 12.0 Å². The lowest BCUT2D eigenvalue weighted by atomic mass is 9.73. The Morgan fingerprint density at radius 2 is 1.71 bits per heavy atom. The fraction of sp³-hybridized carbons (Fsp3) is 0.667. The molecule has 7 nitrogen and oxygen atoms in total. The van der Waals surface area contributed by atoms with Gasteiger partial charge in [-0.2, -0.15) is 0 Å². The van der Waals surface area contributed by atoms with Gasteiger partial charge < -0.3 is 19.7 Å². The molecule has 2 amide bonds. The number of nitrogens with one attached hydrogen (secondary N) is 1. The molecule has 2 heterocycles. The molecule has 31 heavy (non-hydrogen) atoms. The Hall–Kier alpha value is -2.12. The van der Waals surface area contributed by atoms with E-state index >= 15 is 0 Å². The highest BCUT2D eigenvalue weighted by molar-refractivity contribution is 5.88. The van der Waals surface area contributed by atoms with Gasteiger partial charge in [-0.15, -0.1) is 0 Å². The second-order valence-corrected chi connectivity index (χ2v) is 9.48. The summed E-state index contributed by atoms with van der Waals surface area (Å²) in [6, 6.07) is 10.1. The van der Waals surface area contributed by atoms with Crippen LogP contribution in [0.1, 0.15) is 45.6 Å². The van der Waals surface area contributed by atoms with Gasteiger partial charge in [0.2, 0.25) is 5.91 Å². The van der Waals surface area contributed by atoms with E-state index in [0.29, 0.717) is 32.8 Å². The first kappa shape index (κ1) is 23.5.